The summed E-state index contributed by atoms with van der Waals surface area (Å²) in [6, 6.07) is 0. The van der Waals surface area contributed by atoms with E-state index in [0.717, 1.165) is 0 Å². The minimum Gasteiger partial charge on any atom is -0.265 e. The Morgan fingerprint density at radius 3 is 0.923 bits per heavy atom. The number of ether oxygens (including phenoxy) is 1. The lowest BCUT2D eigenvalue weighted by atomic mass is 9.68. The second-order valence-corrected chi connectivity index (χ2v) is 5.32. The molecule has 0 amide bonds. The van der Waals surface area contributed by atoms with Gasteiger partial charge in [0.05, 0.1) is 0 Å². The van der Waals surface area contributed by atoms with Gasteiger partial charge in [0.15, 0.2) is 0 Å². The van der Waals surface area contributed by atoms with Crippen molar-refractivity contribution in [2.75, 3.05) is 0 Å². The van der Waals surface area contributed by atoms with Gasteiger partial charge in [-0.3, -0.25) is 4.74 Å². The van der Waals surface area contributed by atoms with Crippen LogP contribution in [0.4, 0.5) is 70.2 Å². The van der Waals surface area contributed by atoms with Crippen LogP contribution in [0.2, 0.25) is 0 Å². The number of rotatable bonds is 2. The fourth-order valence-electron chi connectivity index (χ4n) is 2.24. The Hall–Kier alpha value is -1.16. The third-order valence-corrected chi connectivity index (χ3v) is 3.88. The van der Waals surface area contributed by atoms with Gasteiger partial charge in [-0.05, 0) is 0 Å². The molecule has 0 aromatic rings. The molecule has 2 aliphatic rings. The molecule has 1 saturated heterocycles. The molecule has 26 heavy (non-hydrogen) atoms. The minimum atomic E-state index is -8.27. The van der Waals surface area contributed by atoms with Gasteiger partial charge < -0.3 is 0 Å². The molecule has 1 heterocycles. The number of alkyl halides is 16. The molecule has 0 unspecified atom stereocenters. The van der Waals surface area contributed by atoms with Gasteiger partial charge in [-0.1, -0.05) is 0 Å². The van der Waals surface area contributed by atoms with Crippen LogP contribution < -0.4 is 0 Å². The van der Waals surface area contributed by atoms with E-state index < -0.39 is 53.2 Å². The van der Waals surface area contributed by atoms with E-state index in [0.29, 0.717) is 0 Å². The summed E-state index contributed by atoms with van der Waals surface area (Å²) in [7, 11) is 0. The van der Waals surface area contributed by atoms with E-state index in [9.17, 15) is 70.2 Å². The Morgan fingerprint density at radius 2 is 0.692 bits per heavy atom. The van der Waals surface area contributed by atoms with Crippen LogP contribution in [0.5, 0.6) is 0 Å². The first kappa shape index (κ1) is 21.1. The molecule has 1 aliphatic heterocycles. The van der Waals surface area contributed by atoms with Gasteiger partial charge in [0, 0.05) is 0 Å². The van der Waals surface area contributed by atoms with Gasteiger partial charge >= 0.3 is 53.2 Å². The summed E-state index contributed by atoms with van der Waals surface area (Å²) < 4.78 is 212. The second kappa shape index (κ2) is 4.29. The maximum Gasteiger partial charge on any atom is 0.424 e. The number of epoxide rings is 1. The second-order valence-electron chi connectivity index (χ2n) is 5.32. The zero-order valence-electron chi connectivity index (χ0n) is 11.0. The molecule has 0 aromatic heterocycles. The Balaban J connectivity index is 2.90. The van der Waals surface area contributed by atoms with Crippen molar-refractivity contribution in [2.45, 2.75) is 53.2 Å². The smallest absolute Gasteiger partial charge is 0.265 e. The fourth-order valence-corrected chi connectivity index (χ4v) is 2.24. The first-order chi connectivity index (χ1) is 11.0. The van der Waals surface area contributed by atoms with E-state index in [1.165, 1.54) is 0 Å². The number of hydrogen-bond donors (Lipinski definition) is 0. The maximum atomic E-state index is 13.9. The minimum absolute atomic E-state index is 2.12. The number of halogens is 16. The largest absolute Gasteiger partial charge is 0.424 e. The highest BCUT2D eigenvalue weighted by atomic mass is 19.4. The molecule has 1 nitrogen and oxygen atoms in total. The molecular weight excluding hydrogens is 428 g/mol. The lowest BCUT2D eigenvalue weighted by molar-refractivity contribution is -0.511. The van der Waals surface area contributed by atoms with Gasteiger partial charge in [0.2, 0.25) is 0 Å². The Labute approximate surface area is 129 Å². The molecule has 1 saturated carbocycles. The van der Waals surface area contributed by atoms with Gasteiger partial charge in [0.25, 0.3) is 0 Å². The zero-order valence-corrected chi connectivity index (χ0v) is 11.0. The molecule has 0 aromatic carbocycles. The van der Waals surface area contributed by atoms with Crippen molar-refractivity contribution in [1.82, 2.24) is 0 Å². The van der Waals surface area contributed by atoms with E-state index in [4.69, 9.17) is 0 Å². The van der Waals surface area contributed by atoms with Crippen molar-refractivity contribution in [3.63, 3.8) is 0 Å². The maximum absolute atomic E-state index is 13.9. The van der Waals surface area contributed by atoms with Crippen LogP contribution in [0.1, 0.15) is 0 Å². The van der Waals surface area contributed by atoms with Gasteiger partial charge in [0.1, 0.15) is 0 Å². The third-order valence-electron chi connectivity index (χ3n) is 3.88. The summed E-state index contributed by atoms with van der Waals surface area (Å²) in [6.45, 7) is 0. The monoisotopic (exact) mass is 428 g/mol. The van der Waals surface area contributed by atoms with Gasteiger partial charge in [-0.15, -0.1) is 0 Å². The van der Waals surface area contributed by atoms with Gasteiger partial charge in [-0.25, -0.2) is 4.39 Å². The van der Waals surface area contributed by atoms with Gasteiger partial charge in [-0.2, -0.15) is 65.9 Å². The van der Waals surface area contributed by atoms with Crippen molar-refractivity contribution >= 4 is 0 Å². The molecule has 0 radical (unpaired) electrons. The number of hydrogen-bond acceptors (Lipinski definition) is 1. The lowest BCUT2D eigenvalue weighted by Gasteiger charge is -2.54. The molecule has 1 atom stereocenters. The van der Waals surface area contributed by atoms with Crippen LogP contribution in [0.25, 0.3) is 0 Å². The molecule has 0 bridgehead atoms. The molecule has 2 fully saturated rings. The van der Waals surface area contributed by atoms with Crippen molar-refractivity contribution in [3.05, 3.63) is 0 Å². The van der Waals surface area contributed by atoms with E-state index in [1.54, 1.807) is 0 Å². The van der Waals surface area contributed by atoms with Crippen molar-refractivity contribution < 1.29 is 75.0 Å². The standard InChI is InChI=1S/C9F16O/c10-1(4(15,16)8(23)9(24,25)26-8)2(11,12)5(17,18)7(21,22)6(19,20)3(1,13)14/t8-/m0/s1. The topological polar surface area (TPSA) is 12.5 Å². The summed E-state index contributed by atoms with van der Waals surface area (Å²) in [5, 5.41) is 0. The average molecular weight is 428 g/mol. The highest BCUT2D eigenvalue weighted by Crippen LogP contribution is 2.76. The van der Waals surface area contributed by atoms with Crippen LogP contribution >= 0.6 is 0 Å². The van der Waals surface area contributed by atoms with E-state index in [1.807, 2.05) is 0 Å². The van der Waals surface area contributed by atoms with E-state index in [2.05, 4.69) is 4.74 Å². The van der Waals surface area contributed by atoms with Crippen LogP contribution in [-0.2, 0) is 4.74 Å². The molecule has 0 spiro atoms. The first-order valence-electron chi connectivity index (χ1n) is 5.68. The fraction of sp³-hybridized carbons (Fsp3) is 1.00. The Kier molecular flexibility index (Phi) is 3.49. The molecule has 2 rings (SSSR count). The molecule has 17 heteroatoms. The van der Waals surface area contributed by atoms with Crippen LogP contribution in [0, 0.1) is 0 Å². The van der Waals surface area contributed by atoms with Crippen LogP contribution in [0.3, 0.4) is 0 Å². The molecular formula is C9F16O. The molecule has 154 valence electrons. The average Bonchev–Trinajstić information content (AvgIpc) is 2.96. The molecule has 0 N–H and O–H groups in total. The predicted molar refractivity (Wildman–Crippen MR) is 43.4 cm³/mol. The summed E-state index contributed by atoms with van der Waals surface area (Å²) in [4.78, 5) is 0. The van der Waals surface area contributed by atoms with Crippen LogP contribution in [-0.4, -0.2) is 53.2 Å². The third kappa shape index (κ3) is 1.55. The highest BCUT2D eigenvalue weighted by Gasteiger charge is 3.09. The molecule has 1 aliphatic carbocycles. The summed E-state index contributed by atoms with van der Waals surface area (Å²) >= 11 is 0. The quantitative estimate of drug-likeness (QED) is 0.455. The Bertz CT molecular complexity index is 592. The predicted octanol–water partition coefficient (Wildman–Crippen LogP) is 4.81. The first-order valence-corrected chi connectivity index (χ1v) is 5.68. The Morgan fingerprint density at radius 1 is 0.462 bits per heavy atom. The van der Waals surface area contributed by atoms with E-state index >= 15 is 0 Å². The van der Waals surface area contributed by atoms with Crippen molar-refractivity contribution in [3.8, 4) is 0 Å². The summed E-state index contributed by atoms with van der Waals surface area (Å²) in [5.41, 5.74) is -8.27. The lowest BCUT2D eigenvalue weighted by Crippen LogP contribution is -2.88. The van der Waals surface area contributed by atoms with Crippen LogP contribution in [0.15, 0.2) is 0 Å². The normalized spacial score (nSPS) is 37.8. The highest BCUT2D eigenvalue weighted by molar-refractivity contribution is 5.33. The van der Waals surface area contributed by atoms with E-state index in [-0.39, 0.29) is 0 Å². The zero-order chi connectivity index (χ0) is 21.2. The van der Waals surface area contributed by atoms with Crippen molar-refractivity contribution in [2.24, 2.45) is 0 Å². The SMILES string of the molecule is FC1(F)C(F)(F)C(F)(F)C(F)(C(F)(F)[C@]2(F)OC2(F)F)C(F)(F)C1(F)F. The summed E-state index contributed by atoms with van der Waals surface area (Å²) in [5.74, 6) is -54.6. The van der Waals surface area contributed by atoms with Crippen molar-refractivity contribution in [1.29, 1.82) is 0 Å². The summed E-state index contributed by atoms with van der Waals surface area (Å²) in [6.07, 6.45) is -6.06.